The first-order valence-electron chi connectivity index (χ1n) is 4.36. The van der Waals surface area contributed by atoms with Crippen molar-refractivity contribution in [2.75, 3.05) is 14.1 Å². The second-order valence-electron chi connectivity index (χ2n) is 3.40. The first kappa shape index (κ1) is 11.8. The summed E-state index contributed by atoms with van der Waals surface area (Å²) in [6.07, 6.45) is 2.08. The van der Waals surface area contributed by atoms with E-state index in [-0.39, 0.29) is 17.2 Å². The summed E-state index contributed by atoms with van der Waals surface area (Å²) in [4.78, 5) is 12.9. The molecule has 3 heteroatoms. The van der Waals surface area contributed by atoms with Crippen LogP contribution >= 0.6 is 11.6 Å². The van der Waals surface area contributed by atoms with Crippen LogP contribution in [0.1, 0.15) is 26.7 Å². The van der Waals surface area contributed by atoms with Crippen LogP contribution < -0.4 is 0 Å². The van der Waals surface area contributed by atoms with Gasteiger partial charge in [0.15, 0.2) is 0 Å². The Kier molecular flexibility index (Phi) is 5.31. The molecule has 0 rings (SSSR count). The zero-order chi connectivity index (χ0) is 9.72. The first-order chi connectivity index (χ1) is 5.50. The highest BCUT2D eigenvalue weighted by molar-refractivity contribution is 6.30. The Hall–Kier alpha value is -0.240. The number of hydrogen-bond acceptors (Lipinski definition) is 1. The molecule has 0 aliphatic carbocycles. The lowest BCUT2D eigenvalue weighted by Gasteiger charge is -2.20. The van der Waals surface area contributed by atoms with E-state index in [9.17, 15) is 4.79 Å². The zero-order valence-electron chi connectivity index (χ0n) is 8.30. The predicted octanol–water partition coefficient (Wildman–Crippen LogP) is 2.12. The normalized spacial score (nSPS) is 15.4. The second-order valence-corrected chi connectivity index (χ2v) is 3.87. The average molecular weight is 192 g/mol. The topological polar surface area (TPSA) is 20.3 Å². The van der Waals surface area contributed by atoms with Crippen LogP contribution in [0.5, 0.6) is 0 Å². The summed E-state index contributed by atoms with van der Waals surface area (Å²) in [6.45, 7) is 4.11. The lowest BCUT2D eigenvalue weighted by atomic mass is 10.0. The molecule has 0 heterocycles. The minimum absolute atomic E-state index is 0.0117. The minimum atomic E-state index is -0.361. The van der Waals surface area contributed by atoms with Gasteiger partial charge in [-0.25, -0.2) is 0 Å². The molecule has 0 bridgehead atoms. The number of halogens is 1. The van der Waals surface area contributed by atoms with E-state index in [1.165, 1.54) is 0 Å². The van der Waals surface area contributed by atoms with E-state index in [0.29, 0.717) is 0 Å². The molecular formula is C9H18ClNO. The third-order valence-electron chi connectivity index (χ3n) is 1.92. The zero-order valence-corrected chi connectivity index (χ0v) is 9.06. The van der Waals surface area contributed by atoms with Gasteiger partial charge in [0.05, 0.1) is 0 Å². The van der Waals surface area contributed by atoms with Gasteiger partial charge in [-0.05, 0) is 12.3 Å². The molecule has 0 saturated heterocycles. The molecule has 0 aliphatic heterocycles. The van der Waals surface area contributed by atoms with Gasteiger partial charge in [-0.3, -0.25) is 4.79 Å². The maximum absolute atomic E-state index is 11.4. The van der Waals surface area contributed by atoms with E-state index in [2.05, 4.69) is 6.92 Å². The lowest BCUT2D eigenvalue weighted by molar-refractivity contribution is -0.129. The number of rotatable bonds is 4. The predicted molar refractivity (Wildman–Crippen MR) is 52.4 cm³/mol. The molecule has 0 fully saturated rings. The van der Waals surface area contributed by atoms with Crippen molar-refractivity contribution >= 4 is 17.5 Å². The second kappa shape index (κ2) is 5.41. The van der Waals surface area contributed by atoms with Gasteiger partial charge in [0.2, 0.25) is 5.91 Å². The highest BCUT2D eigenvalue weighted by Gasteiger charge is 2.22. The maximum Gasteiger partial charge on any atom is 0.240 e. The SMILES string of the molecule is CCCC(C)C(Cl)C(=O)N(C)C. The molecule has 0 aromatic rings. The Balaban J connectivity index is 4.00. The molecule has 0 aromatic carbocycles. The number of nitrogens with zero attached hydrogens (tertiary/aromatic N) is 1. The summed E-state index contributed by atoms with van der Waals surface area (Å²) in [5, 5.41) is -0.361. The van der Waals surface area contributed by atoms with Crippen molar-refractivity contribution in [3.05, 3.63) is 0 Å². The number of hydrogen-bond donors (Lipinski definition) is 0. The van der Waals surface area contributed by atoms with E-state index in [1.54, 1.807) is 19.0 Å². The number of carbonyl (C=O) groups excluding carboxylic acids is 1. The fourth-order valence-electron chi connectivity index (χ4n) is 1.09. The van der Waals surface area contributed by atoms with Crippen LogP contribution in [-0.4, -0.2) is 30.3 Å². The molecule has 0 spiro atoms. The Morgan fingerprint density at radius 1 is 1.50 bits per heavy atom. The highest BCUT2D eigenvalue weighted by Crippen LogP contribution is 2.17. The molecule has 2 nitrogen and oxygen atoms in total. The molecule has 1 amide bonds. The summed E-state index contributed by atoms with van der Waals surface area (Å²) in [5.74, 6) is 0.282. The Morgan fingerprint density at radius 2 is 2.00 bits per heavy atom. The van der Waals surface area contributed by atoms with Gasteiger partial charge in [-0.2, -0.15) is 0 Å². The highest BCUT2D eigenvalue weighted by atomic mass is 35.5. The smallest absolute Gasteiger partial charge is 0.240 e. The van der Waals surface area contributed by atoms with Crippen LogP contribution in [0.25, 0.3) is 0 Å². The summed E-state index contributed by atoms with van der Waals surface area (Å²) >= 11 is 5.96. The standard InChI is InChI=1S/C9H18ClNO/c1-5-6-7(2)8(10)9(12)11(3)4/h7-8H,5-6H2,1-4H3. The number of carbonyl (C=O) groups is 1. The van der Waals surface area contributed by atoms with E-state index in [0.717, 1.165) is 12.8 Å². The largest absolute Gasteiger partial charge is 0.348 e. The van der Waals surface area contributed by atoms with Crippen molar-refractivity contribution in [3.63, 3.8) is 0 Å². The van der Waals surface area contributed by atoms with Crippen LogP contribution in [0.4, 0.5) is 0 Å². The van der Waals surface area contributed by atoms with Gasteiger partial charge >= 0.3 is 0 Å². The fourth-order valence-corrected chi connectivity index (χ4v) is 1.41. The molecule has 12 heavy (non-hydrogen) atoms. The van der Waals surface area contributed by atoms with Gasteiger partial charge < -0.3 is 4.90 Å². The third-order valence-corrected chi connectivity index (χ3v) is 2.54. The molecule has 72 valence electrons. The number of amides is 1. The molecule has 0 saturated carbocycles. The van der Waals surface area contributed by atoms with Gasteiger partial charge in [0, 0.05) is 14.1 Å². The monoisotopic (exact) mass is 191 g/mol. The molecule has 2 unspecified atom stereocenters. The molecule has 0 aromatic heterocycles. The van der Waals surface area contributed by atoms with Gasteiger partial charge in [0.25, 0.3) is 0 Å². The van der Waals surface area contributed by atoms with Crippen LogP contribution in [0.2, 0.25) is 0 Å². The van der Waals surface area contributed by atoms with E-state index in [1.807, 2.05) is 6.92 Å². The minimum Gasteiger partial charge on any atom is -0.348 e. The van der Waals surface area contributed by atoms with Gasteiger partial charge in [-0.1, -0.05) is 20.3 Å². The molecule has 0 N–H and O–H groups in total. The molecule has 0 radical (unpaired) electrons. The van der Waals surface area contributed by atoms with E-state index >= 15 is 0 Å². The summed E-state index contributed by atoms with van der Waals surface area (Å²) in [5.41, 5.74) is 0. The fraction of sp³-hybridized carbons (Fsp3) is 0.889. The van der Waals surface area contributed by atoms with Crippen molar-refractivity contribution in [1.29, 1.82) is 0 Å². The maximum atomic E-state index is 11.4. The third kappa shape index (κ3) is 3.44. The summed E-state index contributed by atoms with van der Waals surface area (Å²) in [7, 11) is 3.47. The lowest BCUT2D eigenvalue weighted by Crippen LogP contribution is -2.34. The van der Waals surface area contributed by atoms with Crippen molar-refractivity contribution in [2.45, 2.75) is 32.1 Å². The van der Waals surface area contributed by atoms with Crippen LogP contribution in [0, 0.1) is 5.92 Å². The molecule has 0 aliphatic rings. The molecular weight excluding hydrogens is 174 g/mol. The Bertz CT molecular complexity index is 147. The van der Waals surface area contributed by atoms with Crippen LogP contribution in [0.3, 0.4) is 0 Å². The van der Waals surface area contributed by atoms with Crippen molar-refractivity contribution < 1.29 is 4.79 Å². The quantitative estimate of drug-likeness (QED) is 0.624. The van der Waals surface area contributed by atoms with Crippen molar-refractivity contribution in [1.82, 2.24) is 4.90 Å². The van der Waals surface area contributed by atoms with E-state index < -0.39 is 0 Å². The van der Waals surface area contributed by atoms with Crippen molar-refractivity contribution in [3.8, 4) is 0 Å². The van der Waals surface area contributed by atoms with E-state index in [4.69, 9.17) is 11.6 Å². The average Bonchev–Trinajstić information content (AvgIpc) is 2.02. The first-order valence-corrected chi connectivity index (χ1v) is 4.79. The van der Waals surface area contributed by atoms with Crippen molar-refractivity contribution in [2.24, 2.45) is 5.92 Å². The Labute approximate surface area is 79.9 Å². The van der Waals surface area contributed by atoms with Crippen LogP contribution in [0.15, 0.2) is 0 Å². The van der Waals surface area contributed by atoms with Gasteiger partial charge in [-0.15, -0.1) is 11.6 Å². The van der Waals surface area contributed by atoms with Gasteiger partial charge in [0.1, 0.15) is 5.38 Å². The molecule has 2 atom stereocenters. The summed E-state index contributed by atoms with van der Waals surface area (Å²) < 4.78 is 0. The number of alkyl halides is 1. The Morgan fingerprint density at radius 3 is 2.33 bits per heavy atom. The van der Waals surface area contributed by atoms with Crippen LogP contribution in [-0.2, 0) is 4.79 Å². The summed E-state index contributed by atoms with van der Waals surface area (Å²) in [6, 6.07) is 0.